The van der Waals surface area contributed by atoms with Gasteiger partial charge >= 0.3 is 0 Å². The SMILES string of the molecule is CN1Cc2cc(N3c4ccccc4C4(c5ccccc5Oc5ccccc54)c4ccccc43)ccc2C1=O. The molecule has 0 aliphatic carbocycles. The van der Waals surface area contributed by atoms with Crippen LogP contribution in [0.1, 0.15) is 38.2 Å². The first kappa shape index (κ1) is 21.3. The number of rotatable bonds is 1. The second-order valence-corrected chi connectivity index (χ2v) is 10.2. The van der Waals surface area contributed by atoms with Gasteiger partial charge in [-0.25, -0.2) is 0 Å². The molecule has 1 spiro atoms. The van der Waals surface area contributed by atoms with E-state index >= 15 is 0 Å². The molecule has 0 radical (unpaired) electrons. The highest BCUT2D eigenvalue weighted by molar-refractivity contribution is 5.99. The van der Waals surface area contributed by atoms with Crippen molar-refractivity contribution in [3.05, 3.63) is 149 Å². The smallest absolute Gasteiger partial charge is 0.254 e. The number of fused-ring (bicyclic) bond motifs is 9. The Morgan fingerprint density at radius 1 is 0.658 bits per heavy atom. The first-order valence-corrected chi connectivity index (χ1v) is 12.9. The Morgan fingerprint density at radius 2 is 1.18 bits per heavy atom. The monoisotopic (exact) mass is 492 g/mol. The average molecular weight is 493 g/mol. The Morgan fingerprint density at radius 3 is 1.79 bits per heavy atom. The third kappa shape index (κ3) is 2.61. The summed E-state index contributed by atoms with van der Waals surface area (Å²) in [6.45, 7) is 0.626. The van der Waals surface area contributed by atoms with Gasteiger partial charge in [0.05, 0.1) is 16.8 Å². The molecular formula is C34H24N2O2. The van der Waals surface area contributed by atoms with E-state index in [1.165, 1.54) is 11.1 Å². The molecule has 0 N–H and O–H groups in total. The number of hydrogen-bond acceptors (Lipinski definition) is 3. The first-order chi connectivity index (χ1) is 18.7. The van der Waals surface area contributed by atoms with Gasteiger partial charge in [-0.05, 0) is 59.2 Å². The molecule has 0 aromatic heterocycles. The third-order valence-electron chi connectivity index (χ3n) is 8.23. The molecule has 0 saturated heterocycles. The summed E-state index contributed by atoms with van der Waals surface area (Å²) < 4.78 is 6.47. The molecule has 0 bridgehead atoms. The summed E-state index contributed by atoms with van der Waals surface area (Å²) >= 11 is 0. The van der Waals surface area contributed by atoms with E-state index < -0.39 is 5.41 Å². The van der Waals surface area contributed by atoms with Gasteiger partial charge in [0.15, 0.2) is 0 Å². The van der Waals surface area contributed by atoms with Crippen LogP contribution in [0.4, 0.5) is 17.1 Å². The molecule has 5 aromatic rings. The Hall–Kier alpha value is -4.83. The van der Waals surface area contributed by atoms with Crippen molar-refractivity contribution in [2.24, 2.45) is 0 Å². The Balaban J connectivity index is 1.47. The lowest BCUT2D eigenvalue weighted by molar-refractivity contribution is 0.0816. The van der Waals surface area contributed by atoms with E-state index in [1.54, 1.807) is 4.90 Å². The minimum absolute atomic E-state index is 0.0837. The molecule has 182 valence electrons. The quantitative estimate of drug-likeness (QED) is 0.237. The van der Waals surface area contributed by atoms with Crippen molar-refractivity contribution in [3.8, 4) is 11.5 Å². The summed E-state index contributed by atoms with van der Waals surface area (Å²) in [7, 11) is 1.86. The Bertz CT molecular complexity index is 1690. The number of anilines is 3. The van der Waals surface area contributed by atoms with Gasteiger partial charge in [0.25, 0.3) is 5.91 Å². The summed E-state index contributed by atoms with van der Waals surface area (Å²) in [5, 5.41) is 0. The van der Waals surface area contributed by atoms with Crippen molar-refractivity contribution in [1.29, 1.82) is 0 Å². The van der Waals surface area contributed by atoms with E-state index in [0.29, 0.717) is 6.54 Å². The first-order valence-electron chi connectivity index (χ1n) is 12.9. The maximum Gasteiger partial charge on any atom is 0.254 e. The van der Waals surface area contributed by atoms with Crippen molar-refractivity contribution >= 4 is 23.0 Å². The number of benzene rings is 5. The van der Waals surface area contributed by atoms with Gasteiger partial charge in [-0.2, -0.15) is 0 Å². The number of hydrogen-bond donors (Lipinski definition) is 0. The molecule has 0 atom stereocenters. The summed E-state index contributed by atoms with van der Waals surface area (Å²) in [5.41, 5.74) is 9.29. The van der Waals surface area contributed by atoms with Gasteiger partial charge < -0.3 is 14.5 Å². The van der Waals surface area contributed by atoms with Gasteiger partial charge in [-0.15, -0.1) is 0 Å². The number of carbonyl (C=O) groups is 1. The van der Waals surface area contributed by atoms with Crippen molar-refractivity contribution < 1.29 is 9.53 Å². The highest BCUT2D eigenvalue weighted by Gasteiger charge is 2.51. The number of ether oxygens (including phenoxy) is 1. The van der Waals surface area contributed by atoms with Gasteiger partial charge in [0, 0.05) is 36.0 Å². The largest absolute Gasteiger partial charge is 0.457 e. The fourth-order valence-electron chi connectivity index (χ4n) is 6.69. The van der Waals surface area contributed by atoms with Crippen molar-refractivity contribution in [2.45, 2.75) is 12.0 Å². The molecule has 0 fully saturated rings. The minimum atomic E-state index is -0.540. The maximum atomic E-state index is 12.6. The second-order valence-electron chi connectivity index (χ2n) is 10.2. The van der Waals surface area contributed by atoms with E-state index in [1.807, 2.05) is 25.2 Å². The van der Waals surface area contributed by atoms with Gasteiger partial charge in [-0.3, -0.25) is 4.79 Å². The zero-order chi connectivity index (χ0) is 25.4. The number of amides is 1. The summed E-state index contributed by atoms with van der Waals surface area (Å²) in [4.78, 5) is 16.7. The molecule has 4 heteroatoms. The second kappa shape index (κ2) is 7.59. The average Bonchev–Trinajstić information content (AvgIpc) is 3.25. The molecule has 4 nitrogen and oxygen atoms in total. The molecule has 0 saturated carbocycles. The van der Waals surface area contributed by atoms with Crippen molar-refractivity contribution in [3.63, 3.8) is 0 Å². The Labute approximate surface area is 221 Å². The zero-order valence-corrected chi connectivity index (χ0v) is 20.9. The molecule has 5 aromatic carbocycles. The van der Waals surface area contributed by atoms with E-state index in [0.717, 1.165) is 50.8 Å². The molecule has 8 rings (SSSR count). The van der Waals surface area contributed by atoms with Crippen LogP contribution in [0.2, 0.25) is 0 Å². The van der Waals surface area contributed by atoms with Gasteiger partial charge in [-0.1, -0.05) is 72.8 Å². The molecule has 3 aliphatic heterocycles. The predicted molar refractivity (Wildman–Crippen MR) is 149 cm³/mol. The van der Waals surface area contributed by atoms with Crippen molar-refractivity contribution in [2.75, 3.05) is 11.9 Å². The van der Waals surface area contributed by atoms with E-state index in [-0.39, 0.29) is 5.91 Å². The minimum Gasteiger partial charge on any atom is -0.457 e. The molecule has 3 heterocycles. The molecular weight excluding hydrogens is 468 g/mol. The Kier molecular flexibility index (Phi) is 4.25. The van der Waals surface area contributed by atoms with Crippen LogP contribution >= 0.6 is 0 Å². The lowest BCUT2D eigenvalue weighted by Crippen LogP contribution is -2.39. The van der Waals surface area contributed by atoms with Crippen LogP contribution in [0.5, 0.6) is 11.5 Å². The molecule has 3 aliphatic rings. The van der Waals surface area contributed by atoms with E-state index in [4.69, 9.17) is 4.74 Å². The van der Waals surface area contributed by atoms with E-state index in [2.05, 4.69) is 102 Å². The van der Waals surface area contributed by atoms with Crippen LogP contribution in [0, 0.1) is 0 Å². The maximum absolute atomic E-state index is 12.6. The highest BCUT2D eigenvalue weighted by atomic mass is 16.5. The fraction of sp³-hybridized carbons (Fsp3) is 0.0882. The van der Waals surface area contributed by atoms with Crippen LogP contribution in [0.3, 0.4) is 0 Å². The molecule has 38 heavy (non-hydrogen) atoms. The highest BCUT2D eigenvalue weighted by Crippen LogP contribution is 2.62. The summed E-state index contributed by atoms with van der Waals surface area (Å²) in [5.74, 6) is 1.84. The predicted octanol–water partition coefficient (Wildman–Crippen LogP) is 7.54. The zero-order valence-electron chi connectivity index (χ0n) is 20.9. The summed E-state index contributed by atoms with van der Waals surface area (Å²) in [6, 6.07) is 40.4. The molecule has 1 amide bonds. The van der Waals surface area contributed by atoms with Gasteiger partial charge in [0.1, 0.15) is 11.5 Å². The lowest BCUT2D eigenvalue weighted by atomic mass is 9.61. The van der Waals surface area contributed by atoms with Crippen LogP contribution in [0.25, 0.3) is 0 Å². The van der Waals surface area contributed by atoms with Crippen molar-refractivity contribution in [1.82, 2.24) is 4.90 Å². The summed E-state index contributed by atoms with van der Waals surface area (Å²) in [6.07, 6.45) is 0. The van der Waals surface area contributed by atoms with Crippen LogP contribution in [-0.2, 0) is 12.0 Å². The normalized spacial score (nSPS) is 15.8. The number of para-hydroxylation sites is 4. The van der Waals surface area contributed by atoms with E-state index in [9.17, 15) is 4.79 Å². The van der Waals surface area contributed by atoms with Crippen LogP contribution < -0.4 is 9.64 Å². The van der Waals surface area contributed by atoms with Crippen LogP contribution in [0.15, 0.2) is 115 Å². The number of nitrogens with zero attached hydrogens (tertiary/aromatic N) is 2. The topological polar surface area (TPSA) is 32.8 Å². The van der Waals surface area contributed by atoms with Gasteiger partial charge in [0.2, 0.25) is 0 Å². The fourth-order valence-corrected chi connectivity index (χ4v) is 6.69. The lowest BCUT2D eigenvalue weighted by Gasteiger charge is -2.48. The van der Waals surface area contributed by atoms with Crippen LogP contribution in [-0.4, -0.2) is 17.9 Å². The number of carbonyl (C=O) groups excluding carboxylic acids is 1. The third-order valence-corrected chi connectivity index (χ3v) is 8.23. The molecule has 0 unspecified atom stereocenters. The standard InChI is InChI=1S/C34H24N2O2/c1-35-21-22-20-23(18-19-24(22)33(35)37)36-29-14-6-2-10-25(29)34(26-11-3-7-15-30(26)36)27-12-4-8-16-31(27)38-32-17-9-5-13-28(32)34/h2-20H,21H2,1H3.